The van der Waals surface area contributed by atoms with E-state index in [2.05, 4.69) is 24.3 Å². The third kappa shape index (κ3) is 4.26. The summed E-state index contributed by atoms with van der Waals surface area (Å²) in [7, 11) is 0. The minimum absolute atomic E-state index is 0.165. The molecule has 1 aliphatic rings. The Bertz CT molecular complexity index is 802. The van der Waals surface area contributed by atoms with E-state index in [4.69, 9.17) is 16.3 Å². The summed E-state index contributed by atoms with van der Waals surface area (Å²) in [6.45, 7) is 7.03. The average Bonchev–Trinajstić information content (AvgIpc) is 3.00. The van der Waals surface area contributed by atoms with Gasteiger partial charge >= 0.3 is 0 Å². The van der Waals surface area contributed by atoms with Crippen molar-refractivity contribution in [2.45, 2.75) is 26.9 Å². The number of benzene rings is 1. The summed E-state index contributed by atoms with van der Waals surface area (Å²) in [5.41, 5.74) is 2.62. The van der Waals surface area contributed by atoms with Gasteiger partial charge in [-0.15, -0.1) is 0 Å². The number of carbonyl (C=O) groups is 1. The van der Waals surface area contributed by atoms with Crippen molar-refractivity contribution >= 4 is 23.4 Å². The van der Waals surface area contributed by atoms with Gasteiger partial charge in [-0.2, -0.15) is 0 Å². The van der Waals surface area contributed by atoms with E-state index in [1.165, 1.54) is 4.42 Å². The zero-order valence-corrected chi connectivity index (χ0v) is 15.9. The van der Waals surface area contributed by atoms with E-state index in [-0.39, 0.29) is 18.6 Å². The number of hydrogen-bond donors (Lipinski definition) is 1. The second kappa shape index (κ2) is 7.93. The lowest BCUT2D eigenvalue weighted by molar-refractivity contribution is -0.126. The maximum Gasteiger partial charge on any atom is 0.258 e. The second-order valence-corrected chi connectivity index (χ2v) is 7.17. The Morgan fingerprint density at radius 3 is 2.88 bits per heavy atom. The number of rotatable bonds is 5. The fourth-order valence-electron chi connectivity index (χ4n) is 2.70. The summed E-state index contributed by atoms with van der Waals surface area (Å²) >= 11 is 6.22. The van der Waals surface area contributed by atoms with Crippen LogP contribution in [0.15, 0.2) is 47.1 Å². The molecule has 6 nitrogen and oxygen atoms in total. The highest BCUT2D eigenvalue weighted by atomic mass is 35.5. The molecule has 1 aromatic heterocycles. The van der Waals surface area contributed by atoms with Gasteiger partial charge in [-0.3, -0.25) is 10.1 Å². The molecule has 1 amide bonds. The third-order valence-electron chi connectivity index (χ3n) is 4.06. The van der Waals surface area contributed by atoms with Crippen LogP contribution in [0.3, 0.4) is 0 Å². The lowest BCUT2D eigenvalue weighted by atomic mass is 10.1. The first-order valence-corrected chi connectivity index (χ1v) is 8.98. The first kappa shape index (κ1) is 18.5. The highest BCUT2D eigenvalue weighted by Gasteiger charge is 2.25. The molecule has 1 unspecified atom stereocenters. The Kier molecular flexibility index (Phi) is 5.64. The van der Waals surface area contributed by atoms with Crippen molar-refractivity contribution in [3.63, 3.8) is 0 Å². The molecular weight excluding hydrogens is 352 g/mol. The fraction of sp³-hybridized carbons (Fsp3) is 0.368. The van der Waals surface area contributed by atoms with Crippen LogP contribution in [0.25, 0.3) is 11.3 Å². The lowest BCUT2D eigenvalue weighted by Gasteiger charge is -2.23. The highest BCUT2D eigenvalue weighted by molar-refractivity contribution is 6.22. The highest BCUT2D eigenvalue weighted by Crippen LogP contribution is 2.26. The van der Waals surface area contributed by atoms with Gasteiger partial charge in [0.15, 0.2) is 5.76 Å². The van der Waals surface area contributed by atoms with Gasteiger partial charge in [0, 0.05) is 35.3 Å². The topological polar surface area (TPSA) is 61.6 Å². The summed E-state index contributed by atoms with van der Waals surface area (Å²) in [6, 6.07) is 9.68. The standard InChI is InChI=1S/C19H23ClN4O2/c1-13(2)11-21-18-7-8-23(12-19(25)24(18)20)16-6-4-5-15(10-16)17-9-14(3)22-26-17/h4-10,13,18,21H,11-12H2,1-3H3. The van der Waals surface area contributed by atoms with E-state index in [9.17, 15) is 4.79 Å². The van der Waals surface area contributed by atoms with Gasteiger partial charge in [0.25, 0.3) is 5.91 Å². The molecule has 7 heteroatoms. The normalized spacial score (nSPS) is 17.9. The van der Waals surface area contributed by atoms with Crippen LogP contribution in [-0.4, -0.2) is 34.7 Å². The van der Waals surface area contributed by atoms with Gasteiger partial charge in [-0.25, -0.2) is 4.42 Å². The van der Waals surface area contributed by atoms with Crippen molar-refractivity contribution in [3.8, 4) is 11.3 Å². The van der Waals surface area contributed by atoms with Gasteiger partial charge < -0.3 is 9.42 Å². The number of carbonyl (C=O) groups excluding carboxylic acids is 1. The molecule has 2 heterocycles. The summed E-state index contributed by atoms with van der Waals surface area (Å²) in [5.74, 6) is 0.994. The molecule has 0 spiro atoms. The first-order valence-electron chi connectivity index (χ1n) is 8.64. The Hall–Kier alpha value is -2.31. The van der Waals surface area contributed by atoms with Gasteiger partial charge in [0.05, 0.1) is 5.69 Å². The predicted molar refractivity (Wildman–Crippen MR) is 102 cm³/mol. The van der Waals surface area contributed by atoms with Crippen molar-refractivity contribution in [2.75, 3.05) is 18.0 Å². The van der Waals surface area contributed by atoms with Crippen LogP contribution in [0, 0.1) is 12.8 Å². The number of hydrogen-bond acceptors (Lipinski definition) is 5. The van der Waals surface area contributed by atoms with E-state index in [1.54, 1.807) is 0 Å². The molecule has 2 aromatic rings. The van der Waals surface area contributed by atoms with Crippen LogP contribution in [0.4, 0.5) is 5.69 Å². The zero-order chi connectivity index (χ0) is 18.7. The van der Waals surface area contributed by atoms with Gasteiger partial charge in [0.1, 0.15) is 12.7 Å². The number of nitrogens with one attached hydrogen (secondary N) is 1. The van der Waals surface area contributed by atoms with E-state index in [0.29, 0.717) is 11.7 Å². The van der Waals surface area contributed by atoms with Crippen molar-refractivity contribution in [1.29, 1.82) is 0 Å². The Balaban J connectivity index is 1.82. The zero-order valence-electron chi connectivity index (χ0n) is 15.1. The summed E-state index contributed by atoms with van der Waals surface area (Å²) in [6.07, 6.45) is 3.45. The van der Waals surface area contributed by atoms with Crippen LogP contribution < -0.4 is 10.2 Å². The second-order valence-electron chi connectivity index (χ2n) is 6.80. The predicted octanol–water partition coefficient (Wildman–Crippen LogP) is 3.54. The van der Waals surface area contributed by atoms with Crippen LogP contribution in [-0.2, 0) is 4.79 Å². The quantitative estimate of drug-likeness (QED) is 0.811. The molecule has 1 aromatic carbocycles. The first-order chi connectivity index (χ1) is 12.4. The van der Waals surface area contributed by atoms with Crippen LogP contribution in [0.1, 0.15) is 19.5 Å². The lowest BCUT2D eigenvalue weighted by Crippen LogP contribution is -2.44. The molecule has 3 rings (SSSR count). The summed E-state index contributed by atoms with van der Waals surface area (Å²) < 4.78 is 6.56. The fourth-order valence-corrected chi connectivity index (χ4v) is 2.89. The molecule has 0 saturated carbocycles. The number of nitrogens with zero attached hydrogens (tertiary/aromatic N) is 3. The molecule has 0 saturated heterocycles. The monoisotopic (exact) mass is 374 g/mol. The van der Waals surface area contributed by atoms with E-state index in [0.717, 1.165) is 23.5 Å². The van der Waals surface area contributed by atoms with Gasteiger partial charge in [-0.05, 0) is 37.6 Å². The molecule has 26 heavy (non-hydrogen) atoms. The molecule has 138 valence electrons. The largest absolute Gasteiger partial charge is 0.356 e. The molecule has 0 bridgehead atoms. The molecule has 0 aliphatic carbocycles. The van der Waals surface area contributed by atoms with Gasteiger partial charge in [-0.1, -0.05) is 31.1 Å². The van der Waals surface area contributed by atoms with Crippen LogP contribution in [0.2, 0.25) is 0 Å². The molecule has 1 atom stereocenters. The van der Waals surface area contributed by atoms with Crippen LogP contribution >= 0.6 is 11.8 Å². The van der Waals surface area contributed by atoms with E-state index in [1.807, 2.05) is 54.4 Å². The number of anilines is 1. The number of aryl methyl sites for hydroxylation is 1. The summed E-state index contributed by atoms with van der Waals surface area (Å²) in [4.78, 5) is 14.3. The van der Waals surface area contributed by atoms with Gasteiger partial charge in [0.2, 0.25) is 0 Å². The third-order valence-corrected chi connectivity index (χ3v) is 4.46. The molecule has 0 radical (unpaired) electrons. The number of halogens is 1. The molecular formula is C19H23ClN4O2. The van der Waals surface area contributed by atoms with E-state index < -0.39 is 0 Å². The molecule has 0 fully saturated rings. The van der Waals surface area contributed by atoms with Crippen molar-refractivity contribution in [3.05, 3.63) is 48.3 Å². The SMILES string of the molecule is Cc1cc(-c2cccc(N3C=CC(NCC(C)C)N(Cl)C(=O)C3)c2)on1. The number of amides is 1. The minimum atomic E-state index is -0.336. The summed E-state index contributed by atoms with van der Waals surface area (Å²) in [5, 5.41) is 7.22. The smallest absolute Gasteiger partial charge is 0.258 e. The van der Waals surface area contributed by atoms with E-state index >= 15 is 0 Å². The Morgan fingerprint density at radius 1 is 1.38 bits per heavy atom. The Labute approximate surface area is 158 Å². The van der Waals surface area contributed by atoms with Crippen molar-refractivity contribution in [1.82, 2.24) is 14.9 Å². The van der Waals surface area contributed by atoms with Crippen molar-refractivity contribution < 1.29 is 9.32 Å². The maximum absolute atomic E-state index is 12.5. The molecule has 1 aliphatic heterocycles. The molecule has 1 N–H and O–H groups in total. The van der Waals surface area contributed by atoms with Crippen molar-refractivity contribution in [2.24, 2.45) is 5.92 Å². The minimum Gasteiger partial charge on any atom is -0.356 e. The average molecular weight is 375 g/mol. The van der Waals surface area contributed by atoms with Crippen LogP contribution in [0.5, 0.6) is 0 Å². The Morgan fingerprint density at radius 2 is 2.19 bits per heavy atom. The maximum atomic E-state index is 12.5. The number of aromatic nitrogens is 1.